The third-order valence-corrected chi connectivity index (χ3v) is 2.43. The first-order valence-electron chi connectivity index (χ1n) is 4.33. The molecule has 1 aromatic rings. The summed E-state index contributed by atoms with van der Waals surface area (Å²) >= 11 is 0. The molecule has 2 rings (SSSR count). The monoisotopic (exact) mass is 172 g/mol. The van der Waals surface area contributed by atoms with Gasteiger partial charge in [-0.2, -0.15) is 0 Å². The van der Waals surface area contributed by atoms with Crippen LogP contribution in [0.3, 0.4) is 0 Å². The Hall–Kier alpha value is -1.34. The van der Waals surface area contributed by atoms with Gasteiger partial charge in [-0.1, -0.05) is 49.1 Å². The van der Waals surface area contributed by atoms with E-state index in [1.54, 1.807) is 0 Å². The lowest BCUT2D eigenvalue weighted by Gasteiger charge is -2.05. The maximum Gasteiger partial charge on any atom is 0.142 e. The fraction of sp³-hybridized carbons (Fsp3) is 0.167. The van der Waals surface area contributed by atoms with Crippen molar-refractivity contribution in [1.29, 1.82) is 0 Å². The van der Waals surface area contributed by atoms with E-state index in [9.17, 15) is 0 Å². The van der Waals surface area contributed by atoms with Crippen molar-refractivity contribution in [3.63, 3.8) is 0 Å². The van der Waals surface area contributed by atoms with Crippen LogP contribution in [0.15, 0.2) is 55.6 Å². The first-order valence-corrected chi connectivity index (χ1v) is 4.33. The van der Waals surface area contributed by atoms with Gasteiger partial charge in [-0.15, -0.1) is 6.58 Å². The summed E-state index contributed by atoms with van der Waals surface area (Å²) in [5.41, 5.74) is 0.845. The maximum atomic E-state index is 5.55. The smallest absolute Gasteiger partial charge is 0.142 e. The molecule has 2 atom stereocenters. The highest BCUT2D eigenvalue weighted by molar-refractivity contribution is 5.36. The number of epoxide rings is 1. The summed E-state index contributed by atoms with van der Waals surface area (Å²) in [5, 5.41) is 0. The normalized spacial score (nSPS) is 30.9. The second-order valence-corrected chi connectivity index (χ2v) is 3.14. The molecular formula is C12H12O. The second-order valence-electron chi connectivity index (χ2n) is 3.14. The van der Waals surface area contributed by atoms with Crippen LogP contribution in [0.1, 0.15) is 5.56 Å². The van der Waals surface area contributed by atoms with Crippen LogP contribution in [0.2, 0.25) is 0 Å². The molecule has 0 saturated carbocycles. The third kappa shape index (κ3) is 1.12. The first kappa shape index (κ1) is 8.27. The van der Waals surface area contributed by atoms with Crippen LogP contribution >= 0.6 is 0 Å². The van der Waals surface area contributed by atoms with E-state index >= 15 is 0 Å². The van der Waals surface area contributed by atoms with Gasteiger partial charge in [-0.05, 0) is 5.56 Å². The fourth-order valence-electron chi connectivity index (χ4n) is 1.61. The largest absolute Gasteiger partial charge is 0.352 e. The molecule has 0 spiro atoms. The van der Waals surface area contributed by atoms with Crippen molar-refractivity contribution in [2.45, 2.75) is 11.7 Å². The zero-order valence-electron chi connectivity index (χ0n) is 7.44. The van der Waals surface area contributed by atoms with Crippen LogP contribution in [-0.4, -0.2) is 6.10 Å². The zero-order valence-corrected chi connectivity index (χ0v) is 7.44. The van der Waals surface area contributed by atoms with Crippen molar-refractivity contribution in [3.05, 3.63) is 61.2 Å². The highest BCUT2D eigenvalue weighted by Crippen LogP contribution is 2.47. The minimum Gasteiger partial charge on any atom is -0.352 e. The van der Waals surface area contributed by atoms with Crippen LogP contribution in [0.25, 0.3) is 0 Å². The maximum absolute atomic E-state index is 5.55. The Balaban J connectivity index is 2.35. The number of benzene rings is 1. The summed E-state index contributed by atoms with van der Waals surface area (Å²) in [6, 6.07) is 10.1. The van der Waals surface area contributed by atoms with E-state index in [-0.39, 0.29) is 11.7 Å². The minimum atomic E-state index is -0.303. The average molecular weight is 172 g/mol. The van der Waals surface area contributed by atoms with Gasteiger partial charge in [0.15, 0.2) is 0 Å². The summed E-state index contributed by atoms with van der Waals surface area (Å²) in [5.74, 6) is 0. The molecule has 13 heavy (non-hydrogen) atoms. The molecule has 1 aliphatic heterocycles. The molecule has 1 fully saturated rings. The first-order chi connectivity index (χ1) is 6.33. The van der Waals surface area contributed by atoms with Crippen molar-refractivity contribution in [3.8, 4) is 0 Å². The molecule has 2 unspecified atom stereocenters. The summed E-state index contributed by atoms with van der Waals surface area (Å²) in [4.78, 5) is 0. The van der Waals surface area contributed by atoms with Gasteiger partial charge < -0.3 is 4.74 Å². The molecule has 1 heteroatoms. The van der Waals surface area contributed by atoms with Crippen molar-refractivity contribution < 1.29 is 4.74 Å². The molecule has 0 radical (unpaired) electrons. The molecule has 1 nitrogen and oxygen atoms in total. The van der Waals surface area contributed by atoms with E-state index < -0.39 is 0 Å². The average Bonchev–Trinajstić information content (AvgIpc) is 2.94. The van der Waals surface area contributed by atoms with Gasteiger partial charge in [0.2, 0.25) is 0 Å². The Kier molecular flexibility index (Phi) is 1.82. The Morgan fingerprint density at radius 2 is 1.92 bits per heavy atom. The van der Waals surface area contributed by atoms with Crippen molar-refractivity contribution in [2.75, 3.05) is 0 Å². The Labute approximate surface area is 78.3 Å². The summed E-state index contributed by atoms with van der Waals surface area (Å²) in [6.07, 6.45) is 3.75. The standard InChI is InChI=1S/C12H12O/c1-3-11-12(4-2,13-11)10-8-6-5-7-9-10/h3-9,11H,1-2H2. The number of hydrogen-bond acceptors (Lipinski definition) is 1. The van der Waals surface area contributed by atoms with Crippen molar-refractivity contribution in [1.82, 2.24) is 0 Å². The van der Waals surface area contributed by atoms with E-state index in [1.807, 2.05) is 42.5 Å². The van der Waals surface area contributed by atoms with Gasteiger partial charge in [0.05, 0.1) is 0 Å². The van der Waals surface area contributed by atoms with Crippen LogP contribution in [0.4, 0.5) is 0 Å². The van der Waals surface area contributed by atoms with Gasteiger partial charge in [-0.3, -0.25) is 0 Å². The molecule has 1 aromatic carbocycles. The van der Waals surface area contributed by atoms with Crippen molar-refractivity contribution in [2.24, 2.45) is 0 Å². The lowest BCUT2D eigenvalue weighted by Crippen LogP contribution is -2.07. The Morgan fingerprint density at radius 3 is 2.38 bits per heavy atom. The Bertz CT molecular complexity index is 328. The number of rotatable bonds is 3. The topological polar surface area (TPSA) is 12.5 Å². The SMILES string of the molecule is C=CC1OC1(C=C)c1ccccc1. The van der Waals surface area contributed by atoms with Crippen LogP contribution < -0.4 is 0 Å². The highest BCUT2D eigenvalue weighted by Gasteiger charge is 2.53. The molecule has 0 aromatic heterocycles. The fourth-order valence-corrected chi connectivity index (χ4v) is 1.61. The second kappa shape index (κ2) is 2.86. The van der Waals surface area contributed by atoms with Gasteiger partial charge in [-0.25, -0.2) is 0 Å². The molecule has 1 saturated heterocycles. The molecule has 66 valence electrons. The van der Waals surface area contributed by atoms with Gasteiger partial charge >= 0.3 is 0 Å². The molecule has 0 aliphatic carbocycles. The quantitative estimate of drug-likeness (QED) is 0.504. The van der Waals surface area contributed by atoms with E-state index in [0.29, 0.717) is 0 Å². The summed E-state index contributed by atoms with van der Waals surface area (Å²) < 4.78 is 5.55. The van der Waals surface area contributed by atoms with Crippen LogP contribution in [-0.2, 0) is 10.3 Å². The van der Waals surface area contributed by atoms with E-state index in [0.717, 1.165) is 5.56 Å². The molecular weight excluding hydrogens is 160 g/mol. The minimum absolute atomic E-state index is 0.0902. The van der Waals surface area contributed by atoms with Crippen LogP contribution in [0.5, 0.6) is 0 Å². The lowest BCUT2D eigenvalue weighted by molar-refractivity contribution is 0.345. The van der Waals surface area contributed by atoms with Gasteiger partial charge in [0, 0.05) is 0 Å². The van der Waals surface area contributed by atoms with Gasteiger partial charge in [0.25, 0.3) is 0 Å². The lowest BCUT2D eigenvalue weighted by atomic mass is 9.95. The number of ether oxygens (including phenoxy) is 1. The molecule has 0 N–H and O–H groups in total. The molecule has 1 aliphatic rings. The van der Waals surface area contributed by atoms with E-state index in [2.05, 4.69) is 13.2 Å². The van der Waals surface area contributed by atoms with Crippen LogP contribution in [0, 0.1) is 0 Å². The predicted molar refractivity (Wildman–Crippen MR) is 53.4 cm³/mol. The number of hydrogen-bond donors (Lipinski definition) is 0. The van der Waals surface area contributed by atoms with Crippen molar-refractivity contribution >= 4 is 0 Å². The third-order valence-electron chi connectivity index (χ3n) is 2.43. The molecule has 1 heterocycles. The predicted octanol–water partition coefficient (Wildman–Crippen LogP) is 2.65. The summed E-state index contributed by atoms with van der Waals surface area (Å²) in [7, 11) is 0. The Morgan fingerprint density at radius 1 is 1.23 bits per heavy atom. The zero-order chi connectivity index (χ0) is 9.31. The molecule has 0 amide bonds. The summed E-state index contributed by atoms with van der Waals surface area (Å²) in [6.45, 7) is 7.52. The van der Waals surface area contributed by atoms with E-state index in [4.69, 9.17) is 4.74 Å². The highest BCUT2D eigenvalue weighted by atomic mass is 16.6. The van der Waals surface area contributed by atoms with E-state index in [1.165, 1.54) is 0 Å². The van der Waals surface area contributed by atoms with Gasteiger partial charge in [0.1, 0.15) is 11.7 Å². The molecule has 0 bridgehead atoms.